The van der Waals surface area contributed by atoms with E-state index >= 15 is 0 Å². The summed E-state index contributed by atoms with van der Waals surface area (Å²) < 4.78 is 13.8. The lowest BCUT2D eigenvalue weighted by molar-refractivity contribution is -0.134. The summed E-state index contributed by atoms with van der Waals surface area (Å²) in [5.41, 5.74) is 1.18. The summed E-state index contributed by atoms with van der Waals surface area (Å²) in [7, 11) is 0. The Balaban J connectivity index is 2.28. The molecule has 0 aliphatic carbocycles. The molecule has 0 bridgehead atoms. The van der Waals surface area contributed by atoms with E-state index in [-0.39, 0.29) is 12.3 Å². The summed E-state index contributed by atoms with van der Waals surface area (Å²) in [6, 6.07) is 4.80. The van der Waals surface area contributed by atoms with Gasteiger partial charge in [-0.3, -0.25) is 14.9 Å². The quantitative estimate of drug-likeness (QED) is 0.672. The van der Waals surface area contributed by atoms with Crippen molar-refractivity contribution in [2.45, 2.75) is 24.1 Å². The topological polar surface area (TPSA) is 46.2 Å². The number of carbonyl (C=O) groups is 2. The van der Waals surface area contributed by atoms with Crippen LogP contribution in [0.25, 0.3) is 0 Å². The molecule has 1 aromatic carbocycles. The number of imide groups is 1. The van der Waals surface area contributed by atoms with Crippen molar-refractivity contribution >= 4 is 27.7 Å². The number of amides is 2. The average molecular weight is 300 g/mol. The molecule has 0 spiro atoms. The normalized spacial score (nSPS) is 20.2. The first kappa shape index (κ1) is 12.2. The molecule has 2 amide bonds. The highest BCUT2D eigenvalue weighted by molar-refractivity contribution is 9.08. The van der Waals surface area contributed by atoms with Gasteiger partial charge in [0.05, 0.1) is 5.92 Å². The van der Waals surface area contributed by atoms with Gasteiger partial charge >= 0.3 is 0 Å². The highest BCUT2D eigenvalue weighted by atomic mass is 79.9. The molecule has 90 valence electrons. The van der Waals surface area contributed by atoms with Crippen molar-refractivity contribution in [1.82, 2.24) is 5.32 Å². The summed E-state index contributed by atoms with van der Waals surface area (Å²) in [6.45, 7) is 0. The van der Waals surface area contributed by atoms with Crippen LogP contribution in [0, 0.1) is 5.82 Å². The maximum Gasteiger partial charge on any atom is 0.234 e. The Kier molecular flexibility index (Phi) is 3.57. The van der Waals surface area contributed by atoms with E-state index in [0.717, 1.165) is 5.56 Å². The minimum atomic E-state index is -0.558. The van der Waals surface area contributed by atoms with Crippen LogP contribution < -0.4 is 5.32 Å². The molecular weight excluding hydrogens is 289 g/mol. The van der Waals surface area contributed by atoms with Gasteiger partial charge in [-0.2, -0.15) is 0 Å². The number of hydrogen-bond donors (Lipinski definition) is 1. The van der Waals surface area contributed by atoms with Crippen molar-refractivity contribution in [1.29, 1.82) is 0 Å². The number of hydrogen-bond acceptors (Lipinski definition) is 2. The molecule has 0 saturated carbocycles. The van der Waals surface area contributed by atoms with Gasteiger partial charge in [0, 0.05) is 17.3 Å². The second-order valence-electron chi connectivity index (χ2n) is 3.99. The van der Waals surface area contributed by atoms with E-state index in [1.807, 2.05) is 0 Å². The van der Waals surface area contributed by atoms with Gasteiger partial charge in [-0.05, 0) is 18.1 Å². The SMILES string of the molecule is O=C1CCC(c2ccc(CBr)cc2F)C(=O)N1. The van der Waals surface area contributed by atoms with E-state index in [1.165, 1.54) is 6.07 Å². The number of rotatable bonds is 2. The summed E-state index contributed by atoms with van der Waals surface area (Å²) in [4.78, 5) is 22.6. The van der Waals surface area contributed by atoms with Crippen LogP contribution >= 0.6 is 15.9 Å². The molecule has 5 heteroatoms. The number of benzene rings is 1. The summed E-state index contributed by atoms with van der Waals surface area (Å²) >= 11 is 3.24. The van der Waals surface area contributed by atoms with Gasteiger partial charge in [-0.25, -0.2) is 4.39 Å². The zero-order valence-corrected chi connectivity index (χ0v) is 10.6. The van der Waals surface area contributed by atoms with Crippen LogP contribution in [0.15, 0.2) is 18.2 Å². The Labute approximate surface area is 107 Å². The predicted octanol–water partition coefficient (Wildman–Crippen LogP) is 2.24. The third kappa shape index (κ3) is 2.54. The second kappa shape index (κ2) is 4.96. The van der Waals surface area contributed by atoms with Crippen LogP contribution in [-0.2, 0) is 14.9 Å². The van der Waals surface area contributed by atoms with Gasteiger partial charge in [0.25, 0.3) is 0 Å². The molecule has 1 N–H and O–H groups in total. The Bertz CT molecular complexity index is 476. The van der Waals surface area contributed by atoms with Gasteiger partial charge in [0.1, 0.15) is 5.82 Å². The Morgan fingerprint density at radius 1 is 1.41 bits per heavy atom. The minimum Gasteiger partial charge on any atom is -0.296 e. The molecule has 1 aromatic rings. The lowest BCUT2D eigenvalue weighted by Gasteiger charge is -2.21. The minimum absolute atomic E-state index is 0.260. The highest BCUT2D eigenvalue weighted by Crippen LogP contribution is 2.27. The van der Waals surface area contributed by atoms with Gasteiger partial charge in [0.2, 0.25) is 11.8 Å². The molecular formula is C12H11BrFNO2. The Morgan fingerprint density at radius 2 is 2.18 bits per heavy atom. The first-order chi connectivity index (χ1) is 8.11. The predicted molar refractivity (Wildman–Crippen MR) is 64.2 cm³/mol. The van der Waals surface area contributed by atoms with E-state index in [4.69, 9.17) is 0 Å². The van der Waals surface area contributed by atoms with E-state index in [1.54, 1.807) is 12.1 Å². The van der Waals surface area contributed by atoms with Crippen LogP contribution in [0.4, 0.5) is 4.39 Å². The van der Waals surface area contributed by atoms with Crippen molar-refractivity contribution in [3.63, 3.8) is 0 Å². The molecule has 1 aliphatic rings. The third-order valence-corrected chi connectivity index (χ3v) is 3.48. The van der Waals surface area contributed by atoms with Crippen molar-refractivity contribution in [2.75, 3.05) is 0 Å². The molecule has 0 radical (unpaired) electrons. The van der Waals surface area contributed by atoms with Crippen LogP contribution in [-0.4, -0.2) is 11.8 Å². The van der Waals surface area contributed by atoms with Crippen LogP contribution in [0.5, 0.6) is 0 Å². The molecule has 1 heterocycles. The highest BCUT2D eigenvalue weighted by Gasteiger charge is 2.29. The van der Waals surface area contributed by atoms with E-state index < -0.39 is 17.6 Å². The molecule has 17 heavy (non-hydrogen) atoms. The monoisotopic (exact) mass is 299 g/mol. The molecule has 3 nitrogen and oxygen atoms in total. The molecule has 1 aliphatic heterocycles. The van der Waals surface area contributed by atoms with Crippen LogP contribution in [0.2, 0.25) is 0 Å². The lowest BCUT2D eigenvalue weighted by atomic mass is 9.90. The molecule has 1 saturated heterocycles. The van der Waals surface area contributed by atoms with E-state index in [2.05, 4.69) is 21.2 Å². The first-order valence-corrected chi connectivity index (χ1v) is 6.42. The molecule has 1 unspecified atom stereocenters. The molecule has 1 atom stereocenters. The van der Waals surface area contributed by atoms with Crippen LogP contribution in [0.3, 0.4) is 0 Å². The van der Waals surface area contributed by atoms with Crippen molar-refractivity contribution in [3.8, 4) is 0 Å². The standard InChI is InChI=1S/C12H11BrFNO2/c13-6-7-1-2-8(10(14)5-7)9-3-4-11(16)15-12(9)17/h1-2,5,9H,3-4,6H2,(H,15,16,17). The maximum absolute atomic E-state index is 13.8. The number of carbonyl (C=O) groups excluding carboxylic acids is 2. The third-order valence-electron chi connectivity index (χ3n) is 2.83. The number of halogens is 2. The molecule has 2 rings (SSSR count). The average Bonchev–Trinajstić information content (AvgIpc) is 2.30. The van der Waals surface area contributed by atoms with Crippen LogP contribution in [0.1, 0.15) is 29.9 Å². The fraction of sp³-hybridized carbons (Fsp3) is 0.333. The fourth-order valence-electron chi connectivity index (χ4n) is 1.93. The summed E-state index contributed by atoms with van der Waals surface area (Å²) in [5, 5.41) is 2.80. The van der Waals surface area contributed by atoms with Gasteiger partial charge in [-0.15, -0.1) is 0 Å². The second-order valence-corrected chi connectivity index (χ2v) is 4.55. The Hall–Kier alpha value is -1.23. The zero-order valence-electron chi connectivity index (χ0n) is 9.00. The number of piperidine rings is 1. The smallest absolute Gasteiger partial charge is 0.234 e. The lowest BCUT2D eigenvalue weighted by Crippen LogP contribution is -2.39. The summed E-state index contributed by atoms with van der Waals surface area (Å²) in [6.07, 6.45) is 0.630. The Morgan fingerprint density at radius 3 is 2.76 bits per heavy atom. The summed E-state index contributed by atoms with van der Waals surface area (Å²) in [5.74, 6) is -1.65. The van der Waals surface area contributed by atoms with Crippen molar-refractivity contribution in [2.24, 2.45) is 0 Å². The van der Waals surface area contributed by atoms with E-state index in [0.29, 0.717) is 17.3 Å². The van der Waals surface area contributed by atoms with Gasteiger partial charge in [-0.1, -0.05) is 28.1 Å². The maximum atomic E-state index is 13.8. The number of alkyl halides is 1. The fourth-order valence-corrected chi connectivity index (χ4v) is 2.28. The zero-order chi connectivity index (χ0) is 12.4. The van der Waals surface area contributed by atoms with Crippen molar-refractivity contribution < 1.29 is 14.0 Å². The van der Waals surface area contributed by atoms with Crippen molar-refractivity contribution in [3.05, 3.63) is 35.1 Å². The first-order valence-electron chi connectivity index (χ1n) is 5.30. The van der Waals surface area contributed by atoms with E-state index in [9.17, 15) is 14.0 Å². The van der Waals surface area contributed by atoms with Gasteiger partial charge < -0.3 is 0 Å². The number of nitrogens with one attached hydrogen (secondary N) is 1. The molecule has 0 aromatic heterocycles. The molecule has 1 fully saturated rings. The van der Waals surface area contributed by atoms with Gasteiger partial charge in [0.15, 0.2) is 0 Å². The largest absolute Gasteiger partial charge is 0.296 e.